The Balaban J connectivity index is 2.40. The van der Waals surface area contributed by atoms with Gasteiger partial charge >= 0.3 is 0 Å². The summed E-state index contributed by atoms with van der Waals surface area (Å²) < 4.78 is 0. The first-order valence-corrected chi connectivity index (χ1v) is 6.82. The molecule has 1 amide bonds. The Labute approximate surface area is 122 Å². The van der Waals surface area contributed by atoms with Gasteiger partial charge in [0.2, 0.25) is 5.91 Å². The fraction of sp³-hybridized carbons (Fsp3) is 0.462. The van der Waals surface area contributed by atoms with Crippen molar-refractivity contribution in [2.24, 2.45) is 0 Å². The van der Waals surface area contributed by atoms with E-state index in [9.17, 15) is 14.9 Å². The van der Waals surface area contributed by atoms with Crippen LogP contribution in [0.25, 0.3) is 0 Å². The highest BCUT2D eigenvalue weighted by atomic mass is 35.5. The fourth-order valence-electron chi connectivity index (χ4n) is 1.59. The lowest BCUT2D eigenvalue weighted by molar-refractivity contribution is -0.384. The molecule has 0 aliphatic heterocycles. The summed E-state index contributed by atoms with van der Waals surface area (Å²) in [4.78, 5) is 21.6. The monoisotopic (exact) mass is 299 g/mol. The summed E-state index contributed by atoms with van der Waals surface area (Å²) in [6, 6.07) is 4.31. The number of carbonyl (C=O) groups is 1. The molecule has 0 aliphatic carbocycles. The Kier molecular flexibility index (Phi) is 6.97. The number of amides is 1. The molecule has 0 radical (unpaired) electrons. The maximum atomic E-state index is 11.4. The highest BCUT2D eigenvalue weighted by molar-refractivity contribution is 6.31. The number of nitrogens with one attached hydrogen (secondary N) is 2. The van der Waals surface area contributed by atoms with E-state index < -0.39 is 4.92 Å². The quantitative estimate of drug-likeness (QED) is 0.438. The molecule has 0 fully saturated rings. The number of carbonyl (C=O) groups excluding carboxylic acids is 1. The van der Waals surface area contributed by atoms with Gasteiger partial charge in [-0.2, -0.15) is 0 Å². The maximum absolute atomic E-state index is 11.4. The molecule has 1 rings (SSSR count). The third-order valence-corrected chi connectivity index (χ3v) is 3.03. The zero-order valence-electron chi connectivity index (χ0n) is 11.3. The molecule has 0 aliphatic rings. The molecule has 0 saturated heterocycles. The minimum Gasteiger partial charge on any atom is -0.356 e. The van der Waals surface area contributed by atoms with E-state index in [1.165, 1.54) is 18.2 Å². The highest BCUT2D eigenvalue weighted by Gasteiger charge is 2.09. The van der Waals surface area contributed by atoms with E-state index in [0.29, 0.717) is 36.6 Å². The largest absolute Gasteiger partial charge is 0.356 e. The number of nitro groups is 1. The van der Waals surface area contributed by atoms with E-state index >= 15 is 0 Å². The van der Waals surface area contributed by atoms with Crippen LogP contribution < -0.4 is 10.6 Å². The van der Waals surface area contributed by atoms with Gasteiger partial charge in [-0.1, -0.05) is 18.5 Å². The van der Waals surface area contributed by atoms with Crippen LogP contribution in [0.5, 0.6) is 0 Å². The molecule has 0 atom stereocenters. The molecule has 7 heteroatoms. The summed E-state index contributed by atoms with van der Waals surface area (Å²) in [6.07, 6.45) is 1.27. The molecule has 6 nitrogen and oxygen atoms in total. The number of hydrogen-bond donors (Lipinski definition) is 2. The van der Waals surface area contributed by atoms with E-state index in [1.54, 1.807) is 0 Å². The average molecular weight is 300 g/mol. The van der Waals surface area contributed by atoms with Crippen LogP contribution in [0.3, 0.4) is 0 Å². The van der Waals surface area contributed by atoms with Gasteiger partial charge in [0.05, 0.1) is 4.92 Å². The summed E-state index contributed by atoms with van der Waals surface area (Å²) >= 11 is 5.97. The lowest BCUT2D eigenvalue weighted by Crippen LogP contribution is -2.28. The summed E-state index contributed by atoms with van der Waals surface area (Å²) in [5.41, 5.74) is 0.654. The summed E-state index contributed by atoms with van der Waals surface area (Å²) in [5, 5.41) is 17.0. The SMILES string of the molecule is CCCNC(=O)CCNCc1cc([N+](=O)[O-])ccc1Cl. The molecule has 1 aromatic rings. The number of rotatable bonds is 8. The van der Waals surface area contributed by atoms with Crippen LogP contribution in [-0.2, 0) is 11.3 Å². The molecular formula is C13H18ClN3O3. The third kappa shape index (κ3) is 5.54. The molecule has 0 spiro atoms. The first-order chi connectivity index (χ1) is 9.54. The Morgan fingerprint density at radius 2 is 2.15 bits per heavy atom. The number of nitro benzene ring substituents is 1. The molecule has 0 bridgehead atoms. The van der Waals surface area contributed by atoms with Crippen LogP contribution in [0.2, 0.25) is 5.02 Å². The van der Waals surface area contributed by atoms with Crippen LogP contribution in [0, 0.1) is 10.1 Å². The highest BCUT2D eigenvalue weighted by Crippen LogP contribution is 2.21. The van der Waals surface area contributed by atoms with E-state index in [-0.39, 0.29) is 11.6 Å². The van der Waals surface area contributed by atoms with E-state index in [2.05, 4.69) is 10.6 Å². The normalized spacial score (nSPS) is 10.3. The summed E-state index contributed by atoms with van der Waals surface area (Å²) in [5.74, 6) is -0.00973. The number of halogens is 1. The van der Waals surface area contributed by atoms with Gasteiger partial charge < -0.3 is 10.6 Å². The van der Waals surface area contributed by atoms with Gasteiger partial charge in [-0.3, -0.25) is 14.9 Å². The van der Waals surface area contributed by atoms with E-state index in [4.69, 9.17) is 11.6 Å². The molecule has 2 N–H and O–H groups in total. The Morgan fingerprint density at radius 1 is 1.40 bits per heavy atom. The molecule has 110 valence electrons. The molecule has 0 unspecified atom stereocenters. The van der Waals surface area contributed by atoms with Crippen LogP contribution in [0.1, 0.15) is 25.3 Å². The van der Waals surface area contributed by atoms with Crippen molar-refractivity contribution >= 4 is 23.2 Å². The van der Waals surface area contributed by atoms with Gasteiger partial charge in [-0.05, 0) is 18.1 Å². The van der Waals surface area contributed by atoms with Crippen molar-refractivity contribution in [1.82, 2.24) is 10.6 Å². The molecule has 0 aromatic heterocycles. The zero-order valence-corrected chi connectivity index (χ0v) is 12.1. The number of hydrogen-bond acceptors (Lipinski definition) is 4. The molecule has 0 saturated carbocycles. The van der Waals surface area contributed by atoms with Crippen LogP contribution in [0.15, 0.2) is 18.2 Å². The molecule has 1 aromatic carbocycles. The summed E-state index contributed by atoms with van der Waals surface area (Å²) in [7, 11) is 0. The minimum atomic E-state index is -0.460. The smallest absolute Gasteiger partial charge is 0.269 e. The number of benzene rings is 1. The van der Waals surface area contributed by atoms with Crippen molar-refractivity contribution < 1.29 is 9.72 Å². The average Bonchev–Trinajstić information content (AvgIpc) is 2.42. The van der Waals surface area contributed by atoms with Crippen molar-refractivity contribution in [3.05, 3.63) is 38.9 Å². The zero-order chi connectivity index (χ0) is 15.0. The number of non-ortho nitro benzene ring substituents is 1. The van der Waals surface area contributed by atoms with Crippen LogP contribution >= 0.6 is 11.6 Å². The van der Waals surface area contributed by atoms with E-state index in [0.717, 1.165) is 6.42 Å². The minimum absolute atomic E-state index is 0.00638. The van der Waals surface area contributed by atoms with Gasteiger partial charge in [0, 0.05) is 43.2 Å². The van der Waals surface area contributed by atoms with Gasteiger partial charge in [0.1, 0.15) is 0 Å². The maximum Gasteiger partial charge on any atom is 0.269 e. The third-order valence-electron chi connectivity index (χ3n) is 2.66. The summed E-state index contributed by atoms with van der Waals surface area (Å²) in [6.45, 7) is 3.55. The lowest BCUT2D eigenvalue weighted by atomic mass is 10.2. The van der Waals surface area contributed by atoms with Crippen molar-refractivity contribution in [3.63, 3.8) is 0 Å². The predicted octanol–water partition coefficient (Wildman–Crippen LogP) is 2.25. The topological polar surface area (TPSA) is 84.3 Å². The second-order valence-electron chi connectivity index (χ2n) is 4.31. The van der Waals surface area contributed by atoms with Crippen molar-refractivity contribution in [1.29, 1.82) is 0 Å². The Bertz CT molecular complexity index is 480. The van der Waals surface area contributed by atoms with Gasteiger partial charge in [0.25, 0.3) is 5.69 Å². The van der Waals surface area contributed by atoms with Crippen molar-refractivity contribution in [2.45, 2.75) is 26.3 Å². The predicted molar refractivity (Wildman–Crippen MR) is 77.7 cm³/mol. The molecular weight excluding hydrogens is 282 g/mol. The molecule has 0 heterocycles. The fourth-order valence-corrected chi connectivity index (χ4v) is 1.77. The number of nitrogens with zero attached hydrogens (tertiary/aromatic N) is 1. The second kappa shape index (κ2) is 8.50. The second-order valence-corrected chi connectivity index (χ2v) is 4.72. The van der Waals surface area contributed by atoms with Crippen molar-refractivity contribution in [2.75, 3.05) is 13.1 Å². The Hall–Kier alpha value is -1.66. The van der Waals surface area contributed by atoms with Crippen LogP contribution in [0.4, 0.5) is 5.69 Å². The first-order valence-electron chi connectivity index (χ1n) is 6.44. The van der Waals surface area contributed by atoms with Crippen molar-refractivity contribution in [3.8, 4) is 0 Å². The molecule has 20 heavy (non-hydrogen) atoms. The Morgan fingerprint density at radius 3 is 2.80 bits per heavy atom. The lowest BCUT2D eigenvalue weighted by Gasteiger charge is -2.07. The van der Waals surface area contributed by atoms with Gasteiger partial charge in [-0.25, -0.2) is 0 Å². The van der Waals surface area contributed by atoms with Gasteiger partial charge in [-0.15, -0.1) is 0 Å². The van der Waals surface area contributed by atoms with E-state index in [1.807, 2.05) is 6.92 Å². The standard InChI is InChI=1S/C13H18ClN3O3/c1-2-6-16-13(18)5-7-15-9-10-8-11(17(19)20)3-4-12(10)14/h3-4,8,15H,2,5-7,9H2,1H3,(H,16,18). The van der Waals surface area contributed by atoms with Gasteiger partial charge in [0.15, 0.2) is 0 Å². The van der Waals surface area contributed by atoms with Crippen LogP contribution in [-0.4, -0.2) is 23.9 Å². The first kappa shape index (κ1) is 16.4.